The summed E-state index contributed by atoms with van der Waals surface area (Å²) in [7, 11) is 0. The number of rotatable bonds is 12. The molecule has 130 valence electrons. The number of aliphatic hydroxyl groups excluding tert-OH is 1. The zero-order valence-electron chi connectivity index (χ0n) is 14.5. The van der Waals surface area contributed by atoms with Crippen LogP contribution in [0.5, 0.6) is 0 Å². The number of aliphatic carboxylic acids is 1. The largest absolute Gasteiger partial charge is 0.481 e. The first-order chi connectivity index (χ1) is 11.1. The molecular weight excluding hydrogens is 288 g/mol. The van der Waals surface area contributed by atoms with Crippen LogP contribution in [0.25, 0.3) is 0 Å². The predicted molar refractivity (Wildman–Crippen MR) is 94.0 cm³/mol. The summed E-state index contributed by atoms with van der Waals surface area (Å²) in [4.78, 5) is 10.4. The first-order valence-electron chi connectivity index (χ1n) is 9.19. The second-order valence-corrected chi connectivity index (χ2v) is 6.68. The molecule has 0 aromatic rings. The van der Waals surface area contributed by atoms with E-state index in [1.807, 2.05) is 6.08 Å². The monoisotopic (exact) mass is 320 g/mol. The summed E-state index contributed by atoms with van der Waals surface area (Å²) in [5.41, 5.74) is 0. The summed E-state index contributed by atoms with van der Waals surface area (Å²) in [5.74, 6) is 6.77. The summed E-state index contributed by atoms with van der Waals surface area (Å²) in [5, 5.41) is 18.2. The van der Waals surface area contributed by atoms with Crippen LogP contribution in [0.1, 0.15) is 77.6 Å². The second-order valence-electron chi connectivity index (χ2n) is 6.68. The molecule has 0 unspecified atom stereocenters. The van der Waals surface area contributed by atoms with Crippen molar-refractivity contribution in [1.82, 2.24) is 0 Å². The minimum absolute atomic E-state index is 0.309. The molecule has 1 fully saturated rings. The van der Waals surface area contributed by atoms with Gasteiger partial charge in [0.05, 0.1) is 0 Å². The topological polar surface area (TPSA) is 57.5 Å². The number of allylic oxidation sites excluding steroid dienone is 2. The Morgan fingerprint density at radius 2 is 2.00 bits per heavy atom. The fraction of sp³-hybridized carbons (Fsp3) is 0.750. The van der Waals surface area contributed by atoms with Gasteiger partial charge in [0, 0.05) is 6.42 Å². The minimum atomic E-state index is -0.681. The Bertz CT molecular complexity index is 416. The highest BCUT2D eigenvalue weighted by Crippen LogP contribution is 2.45. The molecule has 23 heavy (non-hydrogen) atoms. The number of hydrogen-bond donors (Lipinski definition) is 2. The van der Waals surface area contributed by atoms with Crippen LogP contribution in [0.15, 0.2) is 12.2 Å². The molecule has 0 aliphatic heterocycles. The lowest BCUT2D eigenvalue weighted by Gasteiger charge is -2.00. The van der Waals surface area contributed by atoms with Gasteiger partial charge in [-0.3, -0.25) is 4.79 Å². The molecule has 3 heteroatoms. The molecule has 0 amide bonds. The standard InChI is InChI=1S/C20H32O3/c1-2-3-6-13-19(21)14-8-5-4-7-11-17-16-18(17)12-9-10-15-20(22)23/h4-5,17-19,21H,2-3,6-7,9-13,15-16H2,1H3,(H,22,23)/b5-4-/t17-,18+,19-/m0/s1. The summed E-state index contributed by atoms with van der Waals surface area (Å²) in [6.45, 7) is 2.15. The molecule has 3 atom stereocenters. The van der Waals surface area contributed by atoms with Gasteiger partial charge in [0.2, 0.25) is 0 Å². The molecular formula is C20H32O3. The van der Waals surface area contributed by atoms with Gasteiger partial charge >= 0.3 is 5.97 Å². The molecule has 0 aromatic heterocycles. The average molecular weight is 320 g/mol. The smallest absolute Gasteiger partial charge is 0.303 e. The molecule has 1 aliphatic rings. The third kappa shape index (κ3) is 11.0. The summed E-state index contributed by atoms with van der Waals surface area (Å²) >= 11 is 0. The molecule has 0 radical (unpaired) electrons. The van der Waals surface area contributed by atoms with Crippen LogP contribution in [0, 0.1) is 23.7 Å². The van der Waals surface area contributed by atoms with E-state index in [9.17, 15) is 9.90 Å². The number of unbranched alkanes of at least 4 members (excludes halogenated alkanes) is 3. The Kier molecular flexibility index (Phi) is 10.5. The average Bonchev–Trinajstić information content (AvgIpc) is 3.26. The third-order valence-electron chi connectivity index (χ3n) is 4.52. The van der Waals surface area contributed by atoms with E-state index in [4.69, 9.17) is 5.11 Å². The van der Waals surface area contributed by atoms with Crippen molar-refractivity contribution in [3.8, 4) is 11.8 Å². The Morgan fingerprint density at radius 1 is 1.22 bits per heavy atom. The maximum Gasteiger partial charge on any atom is 0.303 e. The molecule has 1 rings (SSSR count). The van der Waals surface area contributed by atoms with Crippen molar-refractivity contribution in [1.29, 1.82) is 0 Å². The maximum atomic E-state index is 10.4. The third-order valence-corrected chi connectivity index (χ3v) is 4.52. The number of hydrogen-bond acceptors (Lipinski definition) is 2. The lowest BCUT2D eigenvalue weighted by atomic mass is 10.1. The Balaban J connectivity index is 1.98. The van der Waals surface area contributed by atoms with E-state index in [0.717, 1.165) is 50.4 Å². The van der Waals surface area contributed by atoms with Gasteiger partial charge in [-0.15, -0.1) is 0 Å². The van der Waals surface area contributed by atoms with Gasteiger partial charge in [-0.1, -0.05) is 50.5 Å². The van der Waals surface area contributed by atoms with Crippen molar-refractivity contribution in [2.24, 2.45) is 11.8 Å². The van der Waals surface area contributed by atoms with E-state index in [1.165, 1.54) is 25.7 Å². The normalized spacial score (nSPS) is 21.0. The van der Waals surface area contributed by atoms with Crippen molar-refractivity contribution in [3.05, 3.63) is 12.2 Å². The van der Waals surface area contributed by atoms with Gasteiger partial charge in [-0.05, 0) is 56.4 Å². The van der Waals surface area contributed by atoms with E-state index in [-0.39, 0.29) is 0 Å². The van der Waals surface area contributed by atoms with Crippen molar-refractivity contribution in [3.63, 3.8) is 0 Å². The lowest BCUT2D eigenvalue weighted by molar-refractivity contribution is -0.137. The Hall–Kier alpha value is -1.27. The van der Waals surface area contributed by atoms with E-state index < -0.39 is 12.1 Å². The van der Waals surface area contributed by atoms with Crippen LogP contribution < -0.4 is 0 Å². The first-order valence-corrected chi connectivity index (χ1v) is 9.19. The van der Waals surface area contributed by atoms with Gasteiger partial charge in [-0.25, -0.2) is 0 Å². The van der Waals surface area contributed by atoms with Gasteiger partial charge in [0.15, 0.2) is 0 Å². The highest BCUT2D eigenvalue weighted by atomic mass is 16.4. The van der Waals surface area contributed by atoms with Crippen LogP contribution in [-0.4, -0.2) is 22.3 Å². The summed E-state index contributed by atoms with van der Waals surface area (Å²) in [6, 6.07) is 0. The van der Waals surface area contributed by atoms with Crippen LogP contribution in [0.3, 0.4) is 0 Å². The van der Waals surface area contributed by atoms with Gasteiger partial charge in [0.25, 0.3) is 0 Å². The molecule has 1 saturated carbocycles. The minimum Gasteiger partial charge on any atom is -0.481 e. The zero-order valence-corrected chi connectivity index (χ0v) is 14.5. The Labute approximate surface area is 141 Å². The second kappa shape index (κ2) is 12.2. The first kappa shape index (κ1) is 19.8. The molecule has 2 N–H and O–H groups in total. The van der Waals surface area contributed by atoms with Crippen molar-refractivity contribution >= 4 is 5.97 Å². The van der Waals surface area contributed by atoms with Crippen LogP contribution >= 0.6 is 0 Å². The Morgan fingerprint density at radius 3 is 2.74 bits per heavy atom. The number of aliphatic hydroxyl groups is 1. The fourth-order valence-corrected chi connectivity index (χ4v) is 2.96. The number of carboxylic acid groups (broad SMARTS) is 1. The van der Waals surface area contributed by atoms with Crippen molar-refractivity contribution < 1.29 is 15.0 Å². The summed E-state index contributed by atoms with van der Waals surface area (Å²) in [6.07, 6.45) is 14.6. The molecule has 1 aliphatic carbocycles. The van der Waals surface area contributed by atoms with Crippen LogP contribution in [0.2, 0.25) is 0 Å². The molecule has 0 bridgehead atoms. The molecule has 3 nitrogen and oxygen atoms in total. The van der Waals surface area contributed by atoms with E-state index in [2.05, 4.69) is 24.8 Å². The highest BCUT2D eigenvalue weighted by molar-refractivity contribution is 5.66. The molecule has 0 saturated heterocycles. The van der Waals surface area contributed by atoms with E-state index >= 15 is 0 Å². The predicted octanol–water partition coefficient (Wildman–Crippen LogP) is 4.55. The molecule has 0 spiro atoms. The molecule has 0 heterocycles. The van der Waals surface area contributed by atoms with Gasteiger partial charge < -0.3 is 10.2 Å². The number of carboxylic acids is 1. The van der Waals surface area contributed by atoms with Crippen molar-refractivity contribution in [2.45, 2.75) is 83.7 Å². The zero-order chi connectivity index (χ0) is 16.9. The van der Waals surface area contributed by atoms with E-state index in [1.54, 1.807) is 0 Å². The lowest BCUT2D eigenvalue weighted by Crippen LogP contribution is -2.01. The van der Waals surface area contributed by atoms with Gasteiger partial charge in [0.1, 0.15) is 6.10 Å². The fourth-order valence-electron chi connectivity index (χ4n) is 2.96. The van der Waals surface area contributed by atoms with Gasteiger partial charge in [-0.2, -0.15) is 0 Å². The van der Waals surface area contributed by atoms with Crippen LogP contribution in [-0.2, 0) is 4.79 Å². The quantitative estimate of drug-likeness (QED) is 0.410. The molecule has 0 aromatic carbocycles. The highest BCUT2D eigenvalue weighted by Gasteiger charge is 2.34. The number of carbonyl (C=O) groups is 1. The SMILES string of the molecule is CCCCC[C@H](O)C#C/C=C\CC[C@H]1C[C@H]1CCCCC(=O)O. The van der Waals surface area contributed by atoms with E-state index in [0.29, 0.717) is 6.42 Å². The van der Waals surface area contributed by atoms with Crippen molar-refractivity contribution in [2.75, 3.05) is 0 Å². The maximum absolute atomic E-state index is 10.4. The van der Waals surface area contributed by atoms with Crippen LogP contribution in [0.4, 0.5) is 0 Å². The summed E-state index contributed by atoms with van der Waals surface area (Å²) < 4.78 is 0.